The molecule has 0 N–H and O–H groups in total. The molecule has 5 heteroatoms. The van der Waals surface area contributed by atoms with Gasteiger partial charge in [-0.3, -0.25) is 0 Å². The lowest BCUT2D eigenvalue weighted by atomic mass is 10.00. The molecule has 0 aliphatic rings. The van der Waals surface area contributed by atoms with Crippen molar-refractivity contribution in [1.29, 1.82) is 5.26 Å². The van der Waals surface area contributed by atoms with Crippen LogP contribution < -0.4 is 4.74 Å². The fraction of sp³-hybridized carbons (Fsp3) is 0.188. The van der Waals surface area contributed by atoms with Crippen LogP contribution in [0.2, 0.25) is 0 Å². The smallest absolute Gasteiger partial charge is 0.406 e. The Bertz CT molecular complexity index is 687. The lowest BCUT2D eigenvalue weighted by Gasteiger charge is -2.11. The first-order valence-electron chi connectivity index (χ1n) is 6.31. The zero-order valence-electron chi connectivity index (χ0n) is 11.2. The molecule has 0 radical (unpaired) electrons. The second-order valence-electron chi connectivity index (χ2n) is 4.46. The molecule has 2 aromatic rings. The molecular formula is C16H12F3NO. The Hall–Kier alpha value is -2.48. The molecule has 21 heavy (non-hydrogen) atoms. The molecule has 0 aliphatic heterocycles. The SMILES string of the molecule is CCc1cccc(-c2cc(C#N)cc(OC(F)(F)F)c2)c1. The van der Waals surface area contributed by atoms with Crippen molar-refractivity contribution in [3.63, 3.8) is 0 Å². The average molecular weight is 291 g/mol. The van der Waals surface area contributed by atoms with Crippen molar-refractivity contribution in [2.75, 3.05) is 0 Å². The van der Waals surface area contributed by atoms with Crippen LogP contribution in [0.15, 0.2) is 42.5 Å². The van der Waals surface area contributed by atoms with E-state index in [-0.39, 0.29) is 5.56 Å². The van der Waals surface area contributed by atoms with Gasteiger partial charge >= 0.3 is 6.36 Å². The van der Waals surface area contributed by atoms with E-state index in [0.717, 1.165) is 23.6 Å². The van der Waals surface area contributed by atoms with E-state index in [9.17, 15) is 13.2 Å². The average Bonchev–Trinajstić information content (AvgIpc) is 2.45. The first-order chi connectivity index (χ1) is 9.91. The maximum atomic E-state index is 12.3. The van der Waals surface area contributed by atoms with Gasteiger partial charge in [0.15, 0.2) is 0 Å². The Morgan fingerprint density at radius 3 is 2.48 bits per heavy atom. The predicted molar refractivity (Wildman–Crippen MR) is 72.7 cm³/mol. The van der Waals surface area contributed by atoms with E-state index in [1.54, 1.807) is 6.07 Å². The Kier molecular flexibility index (Phi) is 4.18. The van der Waals surface area contributed by atoms with E-state index >= 15 is 0 Å². The summed E-state index contributed by atoms with van der Waals surface area (Å²) in [6, 6.07) is 13.2. The van der Waals surface area contributed by atoms with Crippen molar-refractivity contribution in [2.45, 2.75) is 19.7 Å². The summed E-state index contributed by atoms with van der Waals surface area (Å²) in [5, 5.41) is 8.95. The molecule has 0 aromatic heterocycles. The zero-order valence-corrected chi connectivity index (χ0v) is 11.2. The summed E-state index contributed by atoms with van der Waals surface area (Å²) >= 11 is 0. The molecule has 0 aliphatic carbocycles. The largest absolute Gasteiger partial charge is 0.573 e. The van der Waals surface area contributed by atoms with Crippen molar-refractivity contribution in [2.24, 2.45) is 0 Å². The van der Waals surface area contributed by atoms with Gasteiger partial charge < -0.3 is 4.74 Å². The van der Waals surface area contributed by atoms with Gasteiger partial charge in [0.1, 0.15) is 5.75 Å². The second-order valence-corrected chi connectivity index (χ2v) is 4.46. The van der Waals surface area contributed by atoms with Gasteiger partial charge in [0, 0.05) is 0 Å². The number of aryl methyl sites for hydroxylation is 1. The zero-order chi connectivity index (χ0) is 15.5. The number of alkyl halides is 3. The maximum Gasteiger partial charge on any atom is 0.573 e. The third-order valence-corrected chi connectivity index (χ3v) is 2.94. The minimum Gasteiger partial charge on any atom is -0.406 e. The van der Waals surface area contributed by atoms with Crippen molar-refractivity contribution >= 4 is 0 Å². The minimum absolute atomic E-state index is 0.119. The third-order valence-electron chi connectivity index (χ3n) is 2.94. The molecular weight excluding hydrogens is 279 g/mol. The van der Waals surface area contributed by atoms with Crippen LogP contribution in [0.3, 0.4) is 0 Å². The fourth-order valence-corrected chi connectivity index (χ4v) is 1.99. The summed E-state index contributed by atoms with van der Waals surface area (Å²) in [6.45, 7) is 1.99. The molecule has 0 heterocycles. The standard InChI is InChI=1S/C16H12F3NO/c1-2-11-4-3-5-13(6-11)14-7-12(10-20)8-15(9-14)21-16(17,18)19/h3-9H,2H2,1H3. The van der Waals surface area contributed by atoms with Crippen LogP contribution in [0.5, 0.6) is 5.75 Å². The first kappa shape index (κ1) is 14.9. The number of ether oxygens (including phenoxy) is 1. The summed E-state index contributed by atoms with van der Waals surface area (Å²) in [7, 11) is 0. The molecule has 0 saturated carbocycles. The molecule has 0 fully saturated rings. The lowest BCUT2D eigenvalue weighted by molar-refractivity contribution is -0.274. The summed E-state index contributed by atoms with van der Waals surface area (Å²) < 4.78 is 40.9. The summed E-state index contributed by atoms with van der Waals surface area (Å²) in [6.07, 6.45) is -3.96. The van der Waals surface area contributed by atoms with Crippen molar-refractivity contribution < 1.29 is 17.9 Å². The van der Waals surface area contributed by atoms with E-state index in [0.29, 0.717) is 5.56 Å². The van der Waals surface area contributed by atoms with Crippen molar-refractivity contribution in [1.82, 2.24) is 0 Å². The molecule has 2 nitrogen and oxygen atoms in total. The maximum absolute atomic E-state index is 12.3. The summed E-state index contributed by atoms with van der Waals surface area (Å²) in [4.78, 5) is 0. The highest BCUT2D eigenvalue weighted by atomic mass is 19.4. The van der Waals surface area contributed by atoms with Gasteiger partial charge in [-0.15, -0.1) is 13.2 Å². The Morgan fingerprint density at radius 1 is 1.10 bits per heavy atom. The van der Waals surface area contributed by atoms with E-state index in [1.165, 1.54) is 12.1 Å². The number of hydrogen-bond acceptors (Lipinski definition) is 2. The third kappa shape index (κ3) is 3.99. The highest BCUT2D eigenvalue weighted by Gasteiger charge is 2.31. The topological polar surface area (TPSA) is 33.0 Å². The van der Waals surface area contributed by atoms with Crippen LogP contribution in [0.4, 0.5) is 13.2 Å². The van der Waals surface area contributed by atoms with E-state index in [1.807, 2.05) is 31.2 Å². The highest BCUT2D eigenvalue weighted by molar-refractivity contribution is 5.68. The highest BCUT2D eigenvalue weighted by Crippen LogP contribution is 2.30. The summed E-state index contributed by atoms with van der Waals surface area (Å²) in [5.74, 6) is -0.390. The van der Waals surface area contributed by atoms with Crippen LogP contribution in [0.25, 0.3) is 11.1 Å². The number of rotatable bonds is 3. The van der Waals surface area contributed by atoms with Gasteiger partial charge in [-0.2, -0.15) is 5.26 Å². The molecule has 0 unspecified atom stereocenters. The lowest BCUT2D eigenvalue weighted by Crippen LogP contribution is -2.17. The first-order valence-corrected chi connectivity index (χ1v) is 6.31. The molecule has 2 rings (SSSR count). The molecule has 2 aromatic carbocycles. The number of hydrogen-bond donors (Lipinski definition) is 0. The van der Waals surface area contributed by atoms with Crippen LogP contribution >= 0.6 is 0 Å². The van der Waals surface area contributed by atoms with Gasteiger partial charge in [-0.05, 0) is 41.3 Å². The molecule has 0 atom stereocenters. The monoisotopic (exact) mass is 291 g/mol. The summed E-state index contributed by atoms with van der Waals surface area (Å²) in [5.41, 5.74) is 2.45. The Balaban J connectivity index is 2.48. The second kappa shape index (κ2) is 5.88. The molecule has 108 valence electrons. The van der Waals surface area contributed by atoms with Gasteiger partial charge in [0.25, 0.3) is 0 Å². The molecule has 0 amide bonds. The molecule has 0 saturated heterocycles. The minimum atomic E-state index is -4.78. The number of nitrogens with zero attached hydrogens (tertiary/aromatic N) is 1. The van der Waals surface area contributed by atoms with Gasteiger partial charge in [-0.25, -0.2) is 0 Å². The van der Waals surface area contributed by atoms with Crippen LogP contribution in [0.1, 0.15) is 18.1 Å². The Morgan fingerprint density at radius 2 is 1.86 bits per heavy atom. The van der Waals surface area contributed by atoms with E-state index in [2.05, 4.69) is 4.74 Å². The fourth-order valence-electron chi connectivity index (χ4n) is 1.99. The van der Waals surface area contributed by atoms with Crippen LogP contribution in [0, 0.1) is 11.3 Å². The van der Waals surface area contributed by atoms with Crippen LogP contribution in [-0.4, -0.2) is 6.36 Å². The van der Waals surface area contributed by atoms with Gasteiger partial charge in [0.05, 0.1) is 11.6 Å². The number of benzene rings is 2. The van der Waals surface area contributed by atoms with Crippen molar-refractivity contribution in [3.05, 3.63) is 53.6 Å². The predicted octanol–water partition coefficient (Wildman–Crippen LogP) is 4.69. The normalized spacial score (nSPS) is 11.0. The number of halogens is 3. The van der Waals surface area contributed by atoms with Crippen molar-refractivity contribution in [3.8, 4) is 22.9 Å². The molecule has 0 bridgehead atoms. The van der Waals surface area contributed by atoms with Gasteiger partial charge in [0.2, 0.25) is 0 Å². The Labute approximate surface area is 120 Å². The van der Waals surface area contributed by atoms with Crippen LogP contribution in [-0.2, 0) is 6.42 Å². The van der Waals surface area contributed by atoms with E-state index < -0.39 is 12.1 Å². The molecule has 0 spiro atoms. The van der Waals surface area contributed by atoms with E-state index in [4.69, 9.17) is 5.26 Å². The number of nitriles is 1. The van der Waals surface area contributed by atoms with Gasteiger partial charge in [-0.1, -0.05) is 31.2 Å². The quantitative estimate of drug-likeness (QED) is 0.822.